The summed E-state index contributed by atoms with van der Waals surface area (Å²) in [5.41, 5.74) is 1.58. The summed E-state index contributed by atoms with van der Waals surface area (Å²) in [4.78, 5) is 12.0. The van der Waals surface area contributed by atoms with Gasteiger partial charge in [-0.25, -0.2) is 0 Å². The van der Waals surface area contributed by atoms with Crippen LogP contribution in [-0.2, 0) is 10.2 Å². The summed E-state index contributed by atoms with van der Waals surface area (Å²) in [5, 5.41) is 3.61. The van der Waals surface area contributed by atoms with Crippen LogP contribution in [0.25, 0.3) is 0 Å². The van der Waals surface area contributed by atoms with Crippen LogP contribution in [0.5, 0.6) is 0 Å². The number of carbonyl (C=O) groups excluding carboxylic acids is 1. The van der Waals surface area contributed by atoms with Crippen molar-refractivity contribution in [2.75, 3.05) is 5.32 Å². The van der Waals surface area contributed by atoms with Gasteiger partial charge in [0.2, 0.25) is 5.91 Å². The van der Waals surface area contributed by atoms with E-state index in [0.717, 1.165) is 24.1 Å². The highest BCUT2D eigenvalue weighted by atomic mass is 35.5. The van der Waals surface area contributed by atoms with E-state index >= 15 is 0 Å². The maximum absolute atomic E-state index is 12.0. The molecule has 1 heterocycles. The second-order valence-electron chi connectivity index (χ2n) is 3.93. The van der Waals surface area contributed by atoms with Crippen molar-refractivity contribution in [2.45, 2.75) is 32.1 Å². The molecule has 0 aromatic heterocycles. The Balaban J connectivity index is 2.61. The smallest absolute Gasteiger partial charge is 0.235 e. The van der Waals surface area contributed by atoms with E-state index in [1.807, 2.05) is 32.0 Å². The van der Waals surface area contributed by atoms with Crippen LogP contribution < -0.4 is 5.32 Å². The molecule has 0 spiro atoms. The van der Waals surface area contributed by atoms with Gasteiger partial charge in [0, 0.05) is 10.7 Å². The predicted molar refractivity (Wildman–Crippen MR) is 62.3 cm³/mol. The third-order valence-electron chi connectivity index (χ3n) is 3.39. The van der Waals surface area contributed by atoms with Crippen molar-refractivity contribution in [2.24, 2.45) is 0 Å². The monoisotopic (exact) mass is 223 g/mol. The zero-order valence-electron chi connectivity index (χ0n) is 8.93. The van der Waals surface area contributed by atoms with Crippen molar-refractivity contribution in [1.82, 2.24) is 0 Å². The quantitative estimate of drug-likeness (QED) is 0.819. The van der Waals surface area contributed by atoms with Crippen LogP contribution in [0.1, 0.15) is 32.3 Å². The Labute approximate surface area is 94.6 Å². The van der Waals surface area contributed by atoms with Crippen LogP contribution in [-0.4, -0.2) is 5.91 Å². The molecule has 0 saturated carbocycles. The van der Waals surface area contributed by atoms with E-state index in [-0.39, 0.29) is 11.3 Å². The van der Waals surface area contributed by atoms with Crippen LogP contribution in [0, 0.1) is 0 Å². The van der Waals surface area contributed by atoms with Gasteiger partial charge in [-0.05, 0) is 36.6 Å². The molecule has 1 aliphatic heterocycles. The number of benzene rings is 1. The molecule has 0 radical (unpaired) electrons. The zero-order valence-corrected chi connectivity index (χ0v) is 9.69. The van der Waals surface area contributed by atoms with Gasteiger partial charge in [0.15, 0.2) is 0 Å². The molecule has 0 atom stereocenters. The zero-order chi connectivity index (χ0) is 11.1. The fourth-order valence-corrected chi connectivity index (χ4v) is 2.51. The molecule has 1 aromatic rings. The van der Waals surface area contributed by atoms with Gasteiger partial charge < -0.3 is 5.32 Å². The molecule has 80 valence electrons. The lowest BCUT2D eigenvalue weighted by molar-refractivity contribution is -0.121. The van der Waals surface area contributed by atoms with E-state index in [4.69, 9.17) is 11.6 Å². The fourth-order valence-electron chi connectivity index (χ4n) is 2.34. The first-order chi connectivity index (χ1) is 7.14. The summed E-state index contributed by atoms with van der Waals surface area (Å²) in [6.07, 6.45) is 1.62. The molecule has 1 aliphatic rings. The van der Waals surface area contributed by atoms with Gasteiger partial charge in [0.1, 0.15) is 0 Å². The average Bonchev–Trinajstić information content (AvgIpc) is 2.50. The molecule has 1 N–H and O–H groups in total. The van der Waals surface area contributed by atoms with Crippen LogP contribution in [0.3, 0.4) is 0 Å². The summed E-state index contributed by atoms with van der Waals surface area (Å²) in [6.45, 7) is 4.08. The molecule has 2 nitrogen and oxygen atoms in total. The highest BCUT2D eigenvalue weighted by Crippen LogP contribution is 2.43. The Morgan fingerprint density at radius 3 is 2.60 bits per heavy atom. The van der Waals surface area contributed by atoms with Crippen molar-refractivity contribution in [3.05, 3.63) is 28.8 Å². The highest BCUT2D eigenvalue weighted by molar-refractivity contribution is 6.31. The number of amides is 1. The fraction of sp³-hybridized carbons (Fsp3) is 0.417. The summed E-state index contributed by atoms with van der Waals surface area (Å²) in [6, 6.07) is 5.59. The lowest BCUT2D eigenvalue weighted by Gasteiger charge is -2.23. The first kappa shape index (κ1) is 10.5. The Morgan fingerprint density at radius 2 is 2.00 bits per heavy atom. The molecule has 0 bridgehead atoms. The maximum Gasteiger partial charge on any atom is 0.235 e. The third kappa shape index (κ3) is 1.36. The summed E-state index contributed by atoms with van der Waals surface area (Å²) in [5.74, 6) is 0.102. The highest BCUT2D eigenvalue weighted by Gasteiger charge is 2.43. The van der Waals surface area contributed by atoms with Crippen LogP contribution in [0.4, 0.5) is 5.69 Å². The Kier molecular flexibility index (Phi) is 2.47. The van der Waals surface area contributed by atoms with Crippen LogP contribution in [0.2, 0.25) is 5.02 Å². The first-order valence-electron chi connectivity index (χ1n) is 5.25. The summed E-state index contributed by atoms with van der Waals surface area (Å²) in [7, 11) is 0. The van der Waals surface area contributed by atoms with Crippen LogP contribution >= 0.6 is 11.6 Å². The molecule has 1 amide bonds. The number of hydrogen-bond acceptors (Lipinski definition) is 1. The van der Waals surface area contributed by atoms with Gasteiger partial charge in [0.05, 0.1) is 5.41 Å². The van der Waals surface area contributed by atoms with E-state index in [1.54, 1.807) is 0 Å². The maximum atomic E-state index is 12.0. The predicted octanol–water partition coefficient (Wildman–Crippen LogP) is 3.35. The SMILES string of the molecule is CCC1(CC)C(=O)Nc2ccc(Cl)cc21. The van der Waals surface area contributed by atoms with Crippen molar-refractivity contribution in [3.8, 4) is 0 Å². The lowest BCUT2D eigenvalue weighted by Crippen LogP contribution is -2.32. The number of carbonyl (C=O) groups is 1. The number of halogens is 1. The molecular weight excluding hydrogens is 210 g/mol. The molecule has 0 fully saturated rings. The Hall–Kier alpha value is -1.02. The second-order valence-corrected chi connectivity index (χ2v) is 4.37. The molecule has 0 unspecified atom stereocenters. The van der Waals surface area contributed by atoms with Crippen molar-refractivity contribution < 1.29 is 4.79 Å². The Morgan fingerprint density at radius 1 is 1.33 bits per heavy atom. The molecule has 1 aromatic carbocycles. The van der Waals surface area contributed by atoms with E-state index in [9.17, 15) is 4.79 Å². The van der Waals surface area contributed by atoms with Gasteiger partial charge in [-0.1, -0.05) is 25.4 Å². The summed E-state index contributed by atoms with van der Waals surface area (Å²) >= 11 is 5.97. The summed E-state index contributed by atoms with van der Waals surface area (Å²) < 4.78 is 0. The van der Waals surface area contributed by atoms with E-state index in [0.29, 0.717) is 5.02 Å². The third-order valence-corrected chi connectivity index (χ3v) is 3.62. The minimum absolute atomic E-state index is 0.102. The number of rotatable bonds is 2. The van der Waals surface area contributed by atoms with Gasteiger partial charge in [-0.15, -0.1) is 0 Å². The van der Waals surface area contributed by atoms with Crippen molar-refractivity contribution in [3.63, 3.8) is 0 Å². The van der Waals surface area contributed by atoms with E-state index in [2.05, 4.69) is 5.32 Å². The van der Waals surface area contributed by atoms with E-state index < -0.39 is 0 Å². The number of hydrogen-bond donors (Lipinski definition) is 1. The second kappa shape index (κ2) is 3.53. The molecule has 0 saturated heterocycles. The molecule has 0 aliphatic carbocycles. The average molecular weight is 224 g/mol. The Bertz CT molecular complexity index is 410. The van der Waals surface area contributed by atoms with Gasteiger partial charge >= 0.3 is 0 Å². The molecular formula is C12H14ClNO. The minimum atomic E-state index is -0.375. The minimum Gasteiger partial charge on any atom is -0.325 e. The molecule has 2 rings (SSSR count). The van der Waals surface area contributed by atoms with Gasteiger partial charge in [0.25, 0.3) is 0 Å². The normalized spacial score (nSPS) is 17.4. The standard InChI is InChI=1S/C12H14ClNO/c1-3-12(4-2)9-7-8(13)5-6-10(9)14-11(12)15/h5-7H,3-4H2,1-2H3,(H,14,15). The topological polar surface area (TPSA) is 29.1 Å². The van der Waals surface area contributed by atoms with Crippen molar-refractivity contribution >= 4 is 23.2 Å². The van der Waals surface area contributed by atoms with Gasteiger partial charge in [-0.3, -0.25) is 4.79 Å². The van der Waals surface area contributed by atoms with Gasteiger partial charge in [-0.2, -0.15) is 0 Å². The number of nitrogens with one attached hydrogen (secondary N) is 1. The molecule has 3 heteroatoms. The van der Waals surface area contributed by atoms with E-state index in [1.165, 1.54) is 0 Å². The molecule has 15 heavy (non-hydrogen) atoms. The largest absolute Gasteiger partial charge is 0.325 e. The lowest BCUT2D eigenvalue weighted by atomic mass is 9.77. The van der Waals surface area contributed by atoms with Crippen molar-refractivity contribution in [1.29, 1.82) is 0 Å². The number of fused-ring (bicyclic) bond motifs is 1. The first-order valence-corrected chi connectivity index (χ1v) is 5.63. The number of anilines is 1. The van der Waals surface area contributed by atoms with Crippen LogP contribution in [0.15, 0.2) is 18.2 Å².